The highest BCUT2D eigenvalue weighted by molar-refractivity contribution is 5.12. The number of fused-ring (bicyclic) bond motifs is 2. The van der Waals surface area contributed by atoms with E-state index in [1.165, 1.54) is 56.2 Å². The van der Waals surface area contributed by atoms with Crippen molar-refractivity contribution in [1.82, 2.24) is 0 Å². The standard InChI is InChI=1S/C16H28NO/c1-13-6-7-14-10-15(13)16(18-12-14)11-17(2)8-4-3-5-9-17/h6,14-16H,3-5,7-12H2,1-2H3/q+1/t14-,15+,16+/m0/s1. The fourth-order valence-electron chi connectivity index (χ4n) is 4.17. The lowest BCUT2D eigenvalue weighted by Gasteiger charge is -2.45. The third-order valence-electron chi connectivity index (χ3n) is 5.46. The molecule has 3 rings (SSSR count). The summed E-state index contributed by atoms with van der Waals surface area (Å²) in [5.41, 5.74) is 1.60. The Bertz CT molecular complexity index is 330. The molecule has 0 radical (unpaired) electrons. The van der Waals surface area contributed by atoms with Crippen molar-refractivity contribution in [3.63, 3.8) is 0 Å². The van der Waals surface area contributed by atoms with Crippen LogP contribution in [0.25, 0.3) is 0 Å². The van der Waals surface area contributed by atoms with Crippen molar-refractivity contribution in [1.29, 1.82) is 0 Å². The van der Waals surface area contributed by atoms with Crippen LogP contribution in [-0.4, -0.2) is 43.9 Å². The van der Waals surface area contributed by atoms with Crippen molar-refractivity contribution in [2.45, 2.75) is 45.1 Å². The van der Waals surface area contributed by atoms with Gasteiger partial charge in [-0.3, -0.25) is 0 Å². The maximum atomic E-state index is 6.23. The van der Waals surface area contributed by atoms with Crippen molar-refractivity contribution in [3.05, 3.63) is 11.6 Å². The van der Waals surface area contributed by atoms with E-state index < -0.39 is 0 Å². The van der Waals surface area contributed by atoms with E-state index in [0.717, 1.165) is 18.4 Å². The molecular formula is C16H28NO+. The van der Waals surface area contributed by atoms with Gasteiger partial charge in [-0.05, 0) is 44.9 Å². The van der Waals surface area contributed by atoms with Crippen LogP contribution in [0.15, 0.2) is 11.6 Å². The molecular weight excluding hydrogens is 222 g/mol. The fraction of sp³-hybridized carbons (Fsp3) is 0.875. The van der Waals surface area contributed by atoms with Crippen molar-refractivity contribution in [2.75, 3.05) is 33.3 Å². The number of rotatable bonds is 2. The summed E-state index contributed by atoms with van der Waals surface area (Å²) in [5, 5.41) is 0. The predicted octanol–water partition coefficient (Wildman–Crippen LogP) is 2.99. The van der Waals surface area contributed by atoms with Gasteiger partial charge >= 0.3 is 0 Å². The summed E-state index contributed by atoms with van der Waals surface area (Å²) < 4.78 is 7.48. The molecule has 2 nitrogen and oxygen atoms in total. The van der Waals surface area contributed by atoms with Crippen molar-refractivity contribution in [2.24, 2.45) is 11.8 Å². The maximum Gasteiger partial charge on any atom is 0.113 e. The smallest absolute Gasteiger partial charge is 0.113 e. The van der Waals surface area contributed by atoms with Crippen molar-refractivity contribution < 1.29 is 9.22 Å². The Morgan fingerprint density at radius 2 is 2.06 bits per heavy atom. The Balaban J connectivity index is 1.68. The number of piperidine rings is 1. The zero-order chi connectivity index (χ0) is 12.6. The second-order valence-corrected chi connectivity index (χ2v) is 7.07. The van der Waals surface area contributed by atoms with Gasteiger partial charge in [0, 0.05) is 5.92 Å². The molecule has 2 saturated heterocycles. The third-order valence-corrected chi connectivity index (χ3v) is 5.46. The summed E-state index contributed by atoms with van der Waals surface area (Å²) in [6.45, 7) is 7.28. The first-order chi connectivity index (χ1) is 8.66. The van der Waals surface area contributed by atoms with E-state index in [0.29, 0.717) is 6.10 Å². The number of ether oxygens (including phenoxy) is 1. The molecule has 0 unspecified atom stereocenters. The molecule has 1 aliphatic carbocycles. The molecule has 18 heavy (non-hydrogen) atoms. The first-order valence-corrected chi connectivity index (χ1v) is 7.78. The first-order valence-electron chi connectivity index (χ1n) is 7.78. The summed E-state index contributed by atoms with van der Waals surface area (Å²) in [6.07, 6.45) is 9.85. The van der Waals surface area contributed by atoms with Crippen LogP contribution in [0.4, 0.5) is 0 Å². The SMILES string of the molecule is CC1=CC[C@@H]2CO[C@H](C[N+]3(C)CCCCC3)[C@@H]1C2. The quantitative estimate of drug-likeness (QED) is 0.541. The maximum absolute atomic E-state index is 6.23. The van der Waals surface area contributed by atoms with Crippen LogP contribution >= 0.6 is 0 Å². The number of likely N-dealkylation sites (N-methyl/N-ethyl adjacent to an activating group) is 1. The van der Waals surface area contributed by atoms with Crippen LogP contribution in [0.1, 0.15) is 39.0 Å². The lowest BCUT2D eigenvalue weighted by Crippen LogP contribution is -2.55. The van der Waals surface area contributed by atoms with Crippen LogP contribution in [0.3, 0.4) is 0 Å². The normalized spacial score (nSPS) is 39.2. The molecule has 0 aromatic carbocycles. The Morgan fingerprint density at radius 1 is 1.28 bits per heavy atom. The second kappa shape index (κ2) is 4.97. The zero-order valence-corrected chi connectivity index (χ0v) is 12.0. The molecule has 3 aliphatic rings. The third kappa shape index (κ3) is 2.50. The molecule has 0 aromatic rings. The van der Waals surface area contributed by atoms with E-state index in [1.807, 2.05) is 0 Å². The van der Waals surface area contributed by atoms with Gasteiger partial charge in [0.15, 0.2) is 0 Å². The first kappa shape index (κ1) is 12.7. The highest BCUT2D eigenvalue weighted by Crippen LogP contribution is 2.38. The highest BCUT2D eigenvalue weighted by atomic mass is 16.5. The molecule has 2 bridgehead atoms. The van der Waals surface area contributed by atoms with Crippen LogP contribution in [0.2, 0.25) is 0 Å². The van der Waals surface area contributed by atoms with E-state index in [-0.39, 0.29) is 0 Å². The van der Waals surface area contributed by atoms with E-state index in [9.17, 15) is 0 Å². The number of likely N-dealkylation sites (tertiary alicyclic amines) is 1. The van der Waals surface area contributed by atoms with Crippen LogP contribution in [0, 0.1) is 11.8 Å². The van der Waals surface area contributed by atoms with Gasteiger partial charge < -0.3 is 9.22 Å². The Morgan fingerprint density at radius 3 is 2.83 bits per heavy atom. The molecule has 0 saturated carbocycles. The van der Waals surface area contributed by atoms with Gasteiger partial charge in [-0.2, -0.15) is 0 Å². The lowest BCUT2D eigenvalue weighted by atomic mass is 9.76. The van der Waals surface area contributed by atoms with Crippen LogP contribution in [0.5, 0.6) is 0 Å². The van der Waals surface area contributed by atoms with Crippen LogP contribution < -0.4 is 0 Å². The fourth-order valence-corrected chi connectivity index (χ4v) is 4.17. The van der Waals surface area contributed by atoms with Gasteiger partial charge in [0.05, 0.1) is 26.7 Å². The Kier molecular flexibility index (Phi) is 3.50. The molecule has 0 spiro atoms. The van der Waals surface area contributed by atoms with Crippen molar-refractivity contribution in [3.8, 4) is 0 Å². The molecule has 2 heterocycles. The molecule has 0 aromatic heterocycles. The second-order valence-electron chi connectivity index (χ2n) is 7.07. The number of hydrogen-bond donors (Lipinski definition) is 0. The molecule has 0 amide bonds. The van der Waals surface area contributed by atoms with E-state index in [1.54, 1.807) is 5.57 Å². The highest BCUT2D eigenvalue weighted by Gasteiger charge is 2.39. The van der Waals surface area contributed by atoms with Gasteiger partial charge in [-0.1, -0.05) is 11.6 Å². The average Bonchev–Trinajstić information content (AvgIpc) is 2.37. The van der Waals surface area contributed by atoms with Gasteiger partial charge in [0.1, 0.15) is 12.6 Å². The summed E-state index contributed by atoms with van der Waals surface area (Å²) >= 11 is 0. The van der Waals surface area contributed by atoms with Crippen LogP contribution in [-0.2, 0) is 4.74 Å². The van der Waals surface area contributed by atoms with E-state index in [2.05, 4.69) is 20.0 Å². The van der Waals surface area contributed by atoms with Gasteiger partial charge in [-0.15, -0.1) is 0 Å². The number of nitrogens with zero attached hydrogens (tertiary/aromatic N) is 1. The lowest BCUT2D eigenvalue weighted by molar-refractivity contribution is -0.917. The summed E-state index contributed by atoms with van der Waals surface area (Å²) in [7, 11) is 2.44. The van der Waals surface area contributed by atoms with Gasteiger partial charge in [0.25, 0.3) is 0 Å². The number of hydrogen-bond acceptors (Lipinski definition) is 1. The molecule has 102 valence electrons. The molecule has 3 atom stereocenters. The Hall–Kier alpha value is -0.340. The summed E-state index contributed by atoms with van der Waals surface area (Å²) in [4.78, 5) is 0. The van der Waals surface area contributed by atoms with Gasteiger partial charge in [0.2, 0.25) is 0 Å². The molecule has 0 N–H and O–H groups in total. The minimum absolute atomic E-state index is 0.487. The predicted molar refractivity (Wildman–Crippen MR) is 74.3 cm³/mol. The molecule has 2 aliphatic heterocycles. The van der Waals surface area contributed by atoms with E-state index in [4.69, 9.17) is 4.74 Å². The number of allylic oxidation sites excluding steroid dienone is 1. The summed E-state index contributed by atoms with van der Waals surface area (Å²) in [5.74, 6) is 1.52. The average molecular weight is 250 g/mol. The minimum Gasteiger partial charge on any atom is -0.371 e. The van der Waals surface area contributed by atoms with Crippen molar-refractivity contribution >= 4 is 0 Å². The van der Waals surface area contributed by atoms with Gasteiger partial charge in [-0.25, -0.2) is 0 Å². The monoisotopic (exact) mass is 250 g/mol. The zero-order valence-electron chi connectivity index (χ0n) is 12.0. The topological polar surface area (TPSA) is 9.23 Å². The number of quaternary nitrogens is 1. The largest absolute Gasteiger partial charge is 0.371 e. The Labute approximate surface area is 112 Å². The molecule has 2 heteroatoms. The summed E-state index contributed by atoms with van der Waals surface area (Å²) in [6, 6.07) is 0. The molecule has 2 fully saturated rings. The minimum atomic E-state index is 0.487. The van der Waals surface area contributed by atoms with E-state index >= 15 is 0 Å².